The summed E-state index contributed by atoms with van der Waals surface area (Å²) in [6, 6.07) is 17.5. The van der Waals surface area contributed by atoms with Crippen LogP contribution in [0.25, 0.3) is 11.1 Å². The van der Waals surface area contributed by atoms with Gasteiger partial charge in [0.15, 0.2) is 0 Å². The van der Waals surface area contributed by atoms with Crippen LogP contribution in [0, 0.1) is 17.8 Å². The van der Waals surface area contributed by atoms with Gasteiger partial charge in [-0.1, -0.05) is 119 Å². The van der Waals surface area contributed by atoms with Crippen LogP contribution < -0.4 is 0 Å². The fourth-order valence-electron chi connectivity index (χ4n) is 6.34. The van der Waals surface area contributed by atoms with Crippen LogP contribution in [0.15, 0.2) is 48.5 Å². The van der Waals surface area contributed by atoms with Crippen molar-refractivity contribution in [2.75, 3.05) is 0 Å². The summed E-state index contributed by atoms with van der Waals surface area (Å²) < 4.78 is 0. The summed E-state index contributed by atoms with van der Waals surface area (Å²) in [4.78, 5) is 0. The van der Waals surface area contributed by atoms with Gasteiger partial charge in [-0.15, -0.1) is 0 Å². The summed E-state index contributed by atoms with van der Waals surface area (Å²) in [5.74, 6) is 3.85. The minimum absolute atomic E-state index is 0.768. The number of halogens is 1. The van der Waals surface area contributed by atoms with Crippen LogP contribution >= 0.6 is 11.6 Å². The lowest BCUT2D eigenvalue weighted by atomic mass is 9.74. The summed E-state index contributed by atoms with van der Waals surface area (Å²) in [6.45, 7) is 2.32. The second kappa shape index (κ2) is 12.3. The van der Waals surface area contributed by atoms with Gasteiger partial charge in [0, 0.05) is 5.02 Å². The topological polar surface area (TPSA) is 0 Å². The molecule has 0 aliphatic heterocycles. The second-order valence-corrected chi connectivity index (χ2v) is 11.2. The van der Waals surface area contributed by atoms with Crippen LogP contribution in [0.3, 0.4) is 0 Å². The molecular weight excluding hydrogens is 408 g/mol. The first kappa shape index (κ1) is 23.9. The monoisotopic (exact) mass is 450 g/mol. The molecule has 0 nitrogen and oxygen atoms in total. The Morgan fingerprint density at radius 1 is 0.594 bits per heavy atom. The lowest BCUT2D eigenvalue weighted by Crippen LogP contribution is -2.17. The van der Waals surface area contributed by atoms with E-state index in [1.54, 1.807) is 5.56 Å². The Balaban J connectivity index is 1.16. The van der Waals surface area contributed by atoms with Crippen molar-refractivity contribution in [2.24, 2.45) is 17.8 Å². The summed E-state index contributed by atoms with van der Waals surface area (Å²) in [7, 11) is 0. The SMILES string of the molecule is CCCCC[C@H]1CC[C@H](CC[C@H]2CC[C@H](c3ccc(-c4ccc(Cl)cc4)cc3)CC2)CC1. The van der Waals surface area contributed by atoms with Crippen molar-refractivity contribution in [3.63, 3.8) is 0 Å². The molecule has 2 aromatic carbocycles. The van der Waals surface area contributed by atoms with Crippen LogP contribution in [0.5, 0.6) is 0 Å². The lowest BCUT2D eigenvalue weighted by Gasteiger charge is -2.32. The fraction of sp³-hybridized carbons (Fsp3) is 0.613. The number of rotatable bonds is 9. The molecule has 0 N–H and O–H groups in total. The smallest absolute Gasteiger partial charge is 0.0406 e. The van der Waals surface area contributed by atoms with Gasteiger partial charge in [0.05, 0.1) is 0 Å². The zero-order valence-electron chi connectivity index (χ0n) is 20.2. The molecule has 0 radical (unpaired) electrons. The third-order valence-electron chi connectivity index (χ3n) is 8.57. The molecule has 0 bridgehead atoms. The largest absolute Gasteiger partial charge is 0.0843 e. The van der Waals surface area contributed by atoms with Crippen molar-refractivity contribution in [1.29, 1.82) is 0 Å². The quantitative estimate of drug-likeness (QED) is 0.333. The molecule has 2 aliphatic rings. The molecule has 2 saturated carbocycles. The molecule has 0 amide bonds. The van der Waals surface area contributed by atoms with Crippen molar-refractivity contribution < 1.29 is 0 Å². The maximum atomic E-state index is 6.03. The van der Waals surface area contributed by atoms with Gasteiger partial charge in [-0.25, -0.2) is 0 Å². The van der Waals surface area contributed by atoms with Crippen LogP contribution in [0.4, 0.5) is 0 Å². The van der Waals surface area contributed by atoms with Gasteiger partial charge < -0.3 is 0 Å². The maximum absolute atomic E-state index is 6.03. The second-order valence-electron chi connectivity index (χ2n) is 10.8. The Hall–Kier alpha value is -1.27. The van der Waals surface area contributed by atoms with E-state index in [0.717, 1.165) is 28.7 Å². The molecule has 4 rings (SSSR count). The summed E-state index contributed by atoms with van der Waals surface area (Å²) >= 11 is 6.03. The molecule has 32 heavy (non-hydrogen) atoms. The van der Waals surface area contributed by atoms with E-state index in [1.165, 1.54) is 101 Å². The Bertz CT molecular complexity index is 774. The minimum atomic E-state index is 0.768. The van der Waals surface area contributed by atoms with Crippen LogP contribution in [0.2, 0.25) is 5.02 Å². The van der Waals surface area contributed by atoms with Gasteiger partial charge in [0.25, 0.3) is 0 Å². The van der Waals surface area contributed by atoms with Crippen LogP contribution in [-0.2, 0) is 0 Å². The maximum Gasteiger partial charge on any atom is 0.0406 e. The highest BCUT2D eigenvalue weighted by atomic mass is 35.5. The molecule has 1 heteroatoms. The van der Waals surface area contributed by atoms with E-state index in [9.17, 15) is 0 Å². The van der Waals surface area contributed by atoms with Gasteiger partial charge >= 0.3 is 0 Å². The Morgan fingerprint density at radius 3 is 1.59 bits per heavy atom. The summed E-state index contributed by atoms with van der Waals surface area (Å²) in [5, 5.41) is 0.803. The Morgan fingerprint density at radius 2 is 1.06 bits per heavy atom. The number of unbranched alkanes of at least 4 members (excludes halogenated alkanes) is 2. The number of hydrogen-bond acceptors (Lipinski definition) is 0. The van der Waals surface area contributed by atoms with Crippen molar-refractivity contribution in [2.45, 2.75) is 103 Å². The summed E-state index contributed by atoms with van der Waals surface area (Å²) in [5.41, 5.74) is 4.08. The van der Waals surface area contributed by atoms with Gasteiger partial charge in [-0.3, -0.25) is 0 Å². The first-order chi connectivity index (χ1) is 15.7. The van der Waals surface area contributed by atoms with E-state index >= 15 is 0 Å². The van der Waals surface area contributed by atoms with Crippen LogP contribution in [-0.4, -0.2) is 0 Å². The first-order valence-electron chi connectivity index (χ1n) is 13.6. The molecule has 0 spiro atoms. The average Bonchev–Trinajstić information content (AvgIpc) is 2.85. The molecule has 0 heterocycles. The predicted molar refractivity (Wildman–Crippen MR) is 140 cm³/mol. The molecule has 0 saturated heterocycles. The summed E-state index contributed by atoms with van der Waals surface area (Å²) in [6.07, 6.45) is 20.5. The molecular formula is C31H43Cl. The van der Waals surface area contributed by atoms with E-state index in [2.05, 4.69) is 43.3 Å². The van der Waals surface area contributed by atoms with Crippen molar-refractivity contribution >= 4 is 11.6 Å². The van der Waals surface area contributed by atoms with Crippen LogP contribution in [0.1, 0.15) is 108 Å². The zero-order valence-corrected chi connectivity index (χ0v) is 21.0. The molecule has 174 valence electrons. The molecule has 2 fully saturated rings. The molecule has 0 atom stereocenters. The molecule has 0 aromatic heterocycles. The van der Waals surface area contributed by atoms with Crippen molar-refractivity contribution in [3.8, 4) is 11.1 Å². The Kier molecular flexibility index (Phi) is 9.15. The lowest BCUT2D eigenvalue weighted by molar-refractivity contribution is 0.222. The van der Waals surface area contributed by atoms with E-state index in [1.807, 2.05) is 12.1 Å². The minimum Gasteiger partial charge on any atom is -0.0843 e. The highest BCUT2D eigenvalue weighted by Crippen LogP contribution is 2.40. The van der Waals surface area contributed by atoms with Gasteiger partial charge in [-0.2, -0.15) is 0 Å². The van der Waals surface area contributed by atoms with E-state index < -0.39 is 0 Å². The molecule has 2 aliphatic carbocycles. The van der Waals surface area contributed by atoms with Gasteiger partial charge in [-0.05, 0) is 78.2 Å². The third kappa shape index (κ3) is 6.86. The fourth-order valence-corrected chi connectivity index (χ4v) is 6.46. The van der Waals surface area contributed by atoms with E-state index in [0.29, 0.717) is 0 Å². The highest BCUT2D eigenvalue weighted by molar-refractivity contribution is 6.30. The number of benzene rings is 2. The average molecular weight is 451 g/mol. The Labute approximate surface area is 202 Å². The van der Waals surface area contributed by atoms with E-state index in [4.69, 9.17) is 11.6 Å². The highest BCUT2D eigenvalue weighted by Gasteiger charge is 2.25. The standard InChI is InChI=1S/C31H43Cl/c1-2-3-4-5-24-6-8-25(9-7-24)10-11-26-12-14-27(15-13-26)28-16-18-29(19-17-28)30-20-22-31(32)23-21-30/h16-27H,2-15H2,1H3/t24-,25-,26-,27-. The predicted octanol–water partition coefficient (Wildman–Crippen LogP) is 10.4. The molecule has 0 unspecified atom stereocenters. The number of hydrogen-bond donors (Lipinski definition) is 0. The van der Waals surface area contributed by atoms with Gasteiger partial charge in [0.2, 0.25) is 0 Å². The van der Waals surface area contributed by atoms with Gasteiger partial charge in [0.1, 0.15) is 0 Å². The third-order valence-corrected chi connectivity index (χ3v) is 8.82. The van der Waals surface area contributed by atoms with Crippen molar-refractivity contribution in [1.82, 2.24) is 0 Å². The normalized spacial score (nSPS) is 26.2. The molecule has 2 aromatic rings. The first-order valence-corrected chi connectivity index (χ1v) is 13.9. The van der Waals surface area contributed by atoms with Crippen molar-refractivity contribution in [3.05, 3.63) is 59.1 Å². The van der Waals surface area contributed by atoms with E-state index in [-0.39, 0.29) is 0 Å². The zero-order chi connectivity index (χ0) is 22.2.